The van der Waals surface area contributed by atoms with Crippen LogP contribution < -0.4 is 5.56 Å². The lowest BCUT2D eigenvalue weighted by Crippen LogP contribution is -2.37. The number of carbonyl (C=O) groups excluding carboxylic acids is 1. The van der Waals surface area contributed by atoms with Gasteiger partial charge < -0.3 is 9.64 Å². The number of piperidine rings is 1. The maximum Gasteiger partial charge on any atom is 0.410 e. The normalized spacial score (nSPS) is 23.8. The number of ether oxygens (including phenoxy) is 1. The second-order valence-corrected chi connectivity index (χ2v) is 10.0. The topological polar surface area (TPSA) is 77.3 Å². The summed E-state index contributed by atoms with van der Waals surface area (Å²) in [6, 6.07) is 1.77. The molecule has 9 heteroatoms. The molecule has 0 N–H and O–H groups in total. The molecule has 3 atom stereocenters. The summed E-state index contributed by atoms with van der Waals surface area (Å²) >= 11 is 4.82. The van der Waals surface area contributed by atoms with Crippen LogP contribution in [0.4, 0.5) is 4.79 Å². The van der Waals surface area contributed by atoms with Gasteiger partial charge in [0.25, 0.3) is 5.56 Å². The third-order valence-corrected chi connectivity index (χ3v) is 6.49. The summed E-state index contributed by atoms with van der Waals surface area (Å²) in [7, 11) is 0. The highest BCUT2D eigenvalue weighted by molar-refractivity contribution is 9.10. The molecule has 1 saturated carbocycles. The second kappa shape index (κ2) is 7.02. The number of pyridine rings is 1. The zero-order valence-corrected chi connectivity index (χ0v) is 18.7. The molecule has 0 aromatic carbocycles. The van der Waals surface area contributed by atoms with E-state index in [-0.39, 0.29) is 11.7 Å². The van der Waals surface area contributed by atoms with Gasteiger partial charge in [0.1, 0.15) is 11.2 Å². The molecule has 7 nitrogen and oxygen atoms in total. The quantitative estimate of drug-likeness (QED) is 0.509. The van der Waals surface area contributed by atoms with Crippen LogP contribution in [0.5, 0.6) is 0 Å². The average Bonchev–Trinajstić information content (AvgIpc) is 3.06. The van der Waals surface area contributed by atoms with Crippen LogP contribution in [0.2, 0.25) is 0 Å². The van der Waals surface area contributed by atoms with Crippen molar-refractivity contribution in [2.75, 3.05) is 19.3 Å². The van der Waals surface area contributed by atoms with Crippen molar-refractivity contribution in [2.24, 2.45) is 17.8 Å². The highest BCUT2D eigenvalue weighted by Gasteiger charge is 2.57. The monoisotopic (exact) mass is 466 g/mol. The molecule has 0 bridgehead atoms. The van der Waals surface area contributed by atoms with E-state index in [1.54, 1.807) is 21.7 Å². The van der Waals surface area contributed by atoms with Gasteiger partial charge in [-0.1, -0.05) is 11.8 Å². The lowest BCUT2D eigenvalue weighted by atomic mass is 10.2. The first kappa shape index (κ1) is 19.7. The minimum Gasteiger partial charge on any atom is -0.444 e. The molecular weight excluding hydrogens is 444 g/mol. The van der Waals surface area contributed by atoms with Gasteiger partial charge in [-0.2, -0.15) is 0 Å². The van der Waals surface area contributed by atoms with Crippen LogP contribution in [0.3, 0.4) is 0 Å². The van der Waals surface area contributed by atoms with Crippen LogP contribution in [-0.2, 0) is 11.3 Å². The Morgan fingerprint density at radius 1 is 1.36 bits per heavy atom. The van der Waals surface area contributed by atoms with E-state index < -0.39 is 5.60 Å². The van der Waals surface area contributed by atoms with Gasteiger partial charge in [-0.25, -0.2) is 14.8 Å². The molecule has 2 fully saturated rings. The molecule has 2 aromatic rings. The minimum atomic E-state index is -0.486. The summed E-state index contributed by atoms with van der Waals surface area (Å²) in [6.07, 6.45) is 3.42. The Morgan fingerprint density at radius 2 is 2.04 bits per heavy atom. The summed E-state index contributed by atoms with van der Waals surface area (Å²) in [6.45, 7) is 7.61. The summed E-state index contributed by atoms with van der Waals surface area (Å²) in [5.41, 5.74) is 0.106. The van der Waals surface area contributed by atoms with Crippen LogP contribution >= 0.6 is 27.7 Å². The highest BCUT2D eigenvalue weighted by atomic mass is 79.9. The molecule has 1 saturated heterocycles. The summed E-state index contributed by atoms with van der Waals surface area (Å²) in [5, 5.41) is 1.49. The Kier molecular flexibility index (Phi) is 4.94. The van der Waals surface area contributed by atoms with Gasteiger partial charge in [0.15, 0.2) is 5.16 Å². The molecule has 1 amide bonds. The first-order chi connectivity index (χ1) is 13.2. The molecule has 150 valence electrons. The average molecular weight is 467 g/mol. The van der Waals surface area contributed by atoms with Crippen molar-refractivity contribution in [1.29, 1.82) is 0 Å². The molecule has 1 aliphatic heterocycles. The number of likely N-dealkylation sites (tertiary alicyclic amines) is 1. The number of hydrogen-bond donors (Lipinski definition) is 0. The third-order valence-electron chi connectivity index (χ3n) is 5.36. The Balaban J connectivity index is 1.52. The van der Waals surface area contributed by atoms with E-state index in [4.69, 9.17) is 4.74 Å². The first-order valence-electron chi connectivity index (χ1n) is 9.26. The van der Waals surface area contributed by atoms with Gasteiger partial charge in [0.05, 0.1) is 4.47 Å². The van der Waals surface area contributed by atoms with Gasteiger partial charge in [-0.3, -0.25) is 9.36 Å². The Morgan fingerprint density at radius 3 is 2.64 bits per heavy atom. The second-order valence-electron chi connectivity index (χ2n) is 8.42. The van der Waals surface area contributed by atoms with Crippen molar-refractivity contribution in [1.82, 2.24) is 19.4 Å². The summed E-state index contributed by atoms with van der Waals surface area (Å²) < 4.78 is 7.74. The third kappa shape index (κ3) is 3.66. The van der Waals surface area contributed by atoms with E-state index in [2.05, 4.69) is 25.9 Å². The van der Waals surface area contributed by atoms with Crippen molar-refractivity contribution < 1.29 is 9.53 Å². The SMILES string of the molecule is CSc1ncc2cc(Br)c(=O)n(CC3[C@H]4CN(C(=O)OC(C)(C)C)C[C@@H]34)c2n1. The molecule has 28 heavy (non-hydrogen) atoms. The maximum absolute atomic E-state index is 12.8. The maximum atomic E-state index is 12.8. The minimum absolute atomic E-state index is 0.0766. The van der Waals surface area contributed by atoms with Crippen molar-refractivity contribution >= 4 is 44.8 Å². The number of aromatic nitrogens is 3. The predicted octanol–water partition coefficient (Wildman–Crippen LogP) is 3.39. The largest absolute Gasteiger partial charge is 0.444 e. The van der Waals surface area contributed by atoms with Gasteiger partial charge in [-0.15, -0.1) is 0 Å². The van der Waals surface area contributed by atoms with Crippen molar-refractivity contribution in [3.05, 3.63) is 27.1 Å². The van der Waals surface area contributed by atoms with E-state index in [9.17, 15) is 9.59 Å². The molecule has 4 rings (SSSR count). The van der Waals surface area contributed by atoms with Crippen LogP contribution in [-0.4, -0.2) is 50.5 Å². The molecule has 2 aliphatic rings. The lowest BCUT2D eigenvalue weighted by Gasteiger charge is -2.26. The van der Waals surface area contributed by atoms with E-state index in [1.165, 1.54) is 11.8 Å². The van der Waals surface area contributed by atoms with Gasteiger partial charge in [0, 0.05) is 31.2 Å². The van der Waals surface area contributed by atoms with E-state index in [0.29, 0.717) is 52.7 Å². The molecule has 0 radical (unpaired) electrons. The van der Waals surface area contributed by atoms with Crippen molar-refractivity contribution in [3.63, 3.8) is 0 Å². The van der Waals surface area contributed by atoms with E-state index in [1.807, 2.05) is 27.0 Å². The number of rotatable bonds is 3. The zero-order chi connectivity index (χ0) is 20.2. The van der Waals surface area contributed by atoms with Gasteiger partial charge >= 0.3 is 6.09 Å². The molecule has 1 aliphatic carbocycles. The van der Waals surface area contributed by atoms with Crippen molar-refractivity contribution in [2.45, 2.75) is 38.1 Å². The van der Waals surface area contributed by atoms with Gasteiger partial charge in [0.2, 0.25) is 0 Å². The number of carbonyl (C=O) groups is 1. The number of halogens is 1. The number of thioether (sulfide) groups is 1. The van der Waals surface area contributed by atoms with Gasteiger partial charge in [-0.05, 0) is 66.8 Å². The Bertz CT molecular complexity index is 991. The van der Waals surface area contributed by atoms with Crippen molar-refractivity contribution in [3.8, 4) is 0 Å². The lowest BCUT2D eigenvalue weighted by molar-refractivity contribution is 0.0264. The Labute approximate surface area is 176 Å². The summed E-state index contributed by atoms with van der Waals surface area (Å²) in [5.74, 6) is 1.20. The van der Waals surface area contributed by atoms with Crippen LogP contribution in [0.25, 0.3) is 11.0 Å². The number of nitrogens with zero attached hydrogens (tertiary/aromatic N) is 4. The van der Waals surface area contributed by atoms with Crippen LogP contribution in [0, 0.1) is 17.8 Å². The standard InChI is InChI=1S/C19H23BrN4O3S/c1-19(2,3)27-18(26)23-7-11-12(8-23)13(11)9-24-15-10(5-14(20)16(24)25)6-21-17(22-15)28-4/h5-6,11-13H,7-9H2,1-4H3/t11-,12+,13?. The van der Waals surface area contributed by atoms with Crippen LogP contribution in [0.1, 0.15) is 20.8 Å². The fourth-order valence-corrected chi connectivity index (χ4v) is 4.78. The fourth-order valence-electron chi connectivity index (χ4n) is 3.98. The van der Waals surface area contributed by atoms with E-state index >= 15 is 0 Å². The summed E-state index contributed by atoms with van der Waals surface area (Å²) in [4.78, 5) is 35.7. The molecule has 3 heterocycles. The molecular formula is C19H23BrN4O3S. The Hall–Kier alpha value is -1.61. The number of hydrogen-bond acceptors (Lipinski definition) is 6. The molecule has 0 spiro atoms. The zero-order valence-electron chi connectivity index (χ0n) is 16.3. The molecule has 2 aromatic heterocycles. The smallest absolute Gasteiger partial charge is 0.410 e. The first-order valence-corrected chi connectivity index (χ1v) is 11.3. The highest BCUT2D eigenvalue weighted by Crippen LogP contribution is 2.52. The number of amides is 1. The fraction of sp³-hybridized carbons (Fsp3) is 0.579. The van der Waals surface area contributed by atoms with E-state index in [0.717, 1.165) is 5.39 Å². The molecule has 1 unspecified atom stereocenters. The predicted molar refractivity (Wildman–Crippen MR) is 112 cm³/mol. The number of fused-ring (bicyclic) bond motifs is 2. The van der Waals surface area contributed by atoms with Crippen LogP contribution in [0.15, 0.2) is 26.7 Å².